The number of rotatable bonds is 5. The van der Waals surface area contributed by atoms with Crippen molar-refractivity contribution in [3.05, 3.63) is 35.6 Å². The molecule has 7 nitrogen and oxygen atoms in total. The third kappa shape index (κ3) is 4.11. The number of carbonyl (C=O) groups is 1. The van der Waals surface area contributed by atoms with Crippen LogP contribution in [-0.4, -0.2) is 41.2 Å². The number of piperidine rings is 1. The van der Waals surface area contributed by atoms with Gasteiger partial charge in [-0.1, -0.05) is 11.6 Å². The molecule has 1 saturated heterocycles. The van der Waals surface area contributed by atoms with Gasteiger partial charge in [0.1, 0.15) is 23.7 Å². The number of aromatic nitrogens is 2. The second kappa shape index (κ2) is 7.57. The maximum Gasteiger partial charge on any atom is 0.306 e. The van der Waals surface area contributed by atoms with Gasteiger partial charge in [0.25, 0.3) is 0 Å². The third-order valence-electron chi connectivity index (χ3n) is 4.25. The van der Waals surface area contributed by atoms with Crippen molar-refractivity contribution < 1.29 is 14.6 Å². The van der Waals surface area contributed by atoms with Crippen molar-refractivity contribution in [1.82, 2.24) is 9.97 Å². The zero-order valence-electron chi connectivity index (χ0n) is 13.8. The molecule has 132 valence electrons. The Morgan fingerprint density at radius 3 is 2.76 bits per heavy atom. The molecule has 0 spiro atoms. The fourth-order valence-electron chi connectivity index (χ4n) is 2.86. The molecule has 2 N–H and O–H groups in total. The number of nitrogens with zero attached hydrogens (tertiary/aromatic N) is 3. The van der Waals surface area contributed by atoms with Crippen LogP contribution in [-0.2, 0) is 4.79 Å². The number of carboxylic acids is 1. The first-order valence-corrected chi connectivity index (χ1v) is 8.35. The van der Waals surface area contributed by atoms with Crippen LogP contribution in [0.1, 0.15) is 12.8 Å². The molecule has 1 aromatic heterocycles. The monoisotopic (exact) mass is 362 g/mol. The molecule has 0 radical (unpaired) electrons. The first-order chi connectivity index (χ1) is 12.1. The minimum atomic E-state index is -0.724. The molecule has 8 heteroatoms. The van der Waals surface area contributed by atoms with Gasteiger partial charge in [-0.3, -0.25) is 4.79 Å². The highest BCUT2D eigenvalue weighted by molar-refractivity contribution is 6.31. The molecule has 1 fully saturated rings. The highest BCUT2D eigenvalue weighted by Gasteiger charge is 2.25. The maximum absolute atomic E-state index is 11.1. The number of hydrogen-bond donors (Lipinski definition) is 2. The van der Waals surface area contributed by atoms with Crippen LogP contribution >= 0.6 is 11.6 Å². The third-order valence-corrected chi connectivity index (χ3v) is 4.48. The van der Waals surface area contributed by atoms with Crippen LogP contribution in [0.4, 0.5) is 17.3 Å². The van der Waals surface area contributed by atoms with E-state index >= 15 is 0 Å². The Hall–Kier alpha value is -2.54. The molecule has 1 aliphatic rings. The standard InChI is InChI=1S/C17H19ClN4O3/c1-25-14-3-2-12(18)8-13(14)21-15-9-16(20-10-19-15)22-6-4-11(5-7-22)17(23)24/h2-3,8-11H,4-7H2,1H3,(H,23,24)(H,19,20,21). The van der Waals surface area contributed by atoms with Crippen LogP contribution in [0.15, 0.2) is 30.6 Å². The molecule has 0 amide bonds. The Bertz CT molecular complexity index is 763. The zero-order chi connectivity index (χ0) is 17.8. The highest BCUT2D eigenvalue weighted by atomic mass is 35.5. The van der Waals surface area contributed by atoms with E-state index in [0.29, 0.717) is 48.2 Å². The molecule has 25 heavy (non-hydrogen) atoms. The van der Waals surface area contributed by atoms with Gasteiger partial charge in [0.15, 0.2) is 0 Å². The van der Waals surface area contributed by atoms with Crippen molar-refractivity contribution in [2.45, 2.75) is 12.8 Å². The number of carboxylic acid groups (broad SMARTS) is 1. The lowest BCUT2D eigenvalue weighted by molar-refractivity contribution is -0.142. The summed E-state index contributed by atoms with van der Waals surface area (Å²) in [7, 11) is 1.59. The average Bonchev–Trinajstić information content (AvgIpc) is 2.62. The van der Waals surface area contributed by atoms with Crippen molar-refractivity contribution in [1.29, 1.82) is 0 Å². The lowest BCUT2D eigenvalue weighted by Crippen LogP contribution is -2.36. The summed E-state index contributed by atoms with van der Waals surface area (Å²) in [6.45, 7) is 1.32. The number of nitrogens with one attached hydrogen (secondary N) is 1. The Morgan fingerprint density at radius 2 is 2.08 bits per heavy atom. The lowest BCUT2D eigenvalue weighted by Gasteiger charge is -2.31. The quantitative estimate of drug-likeness (QED) is 0.844. The van der Waals surface area contributed by atoms with E-state index < -0.39 is 5.97 Å². The van der Waals surface area contributed by atoms with Crippen LogP contribution in [0.2, 0.25) is 5.02 Å². The number of hydrogen-bond acceptors (Lipinski definition) is 6. The fraction of sp³-hybridized carbons (Fsp3) is 0.353. The van der Waals surface area contributed by atoms with Crippen LogP contribution in [0.5, 0.6) is 5.75 Å². The largest absolute Gasteiger partial charge is 0.495 e. The van der Waals surface area contributed by atoms with E-state index in [1.165, 1.54) is 6.33 Å². The molecule has 0 unspecified atom stereocenters. The molecule has 2 aromatic rings. The summed E-state index contributed by atoms with van der Waals surface area (Å²) in [5.41, 5.74) is 0.712. The van der Waals surface area contributed by atoms with Gasteiger partial charge in [0.05, 0.1) is 18.7 Å². The van der Waals surface area contributed by atoms with E-state index in [9.17, 15) is 4.79 Å². The van der Waals surface area contributed by atoms with Crippen LogP contribution in [0.25, 0.3) is 0 Å². The molecule has 0 saturated carbocycles. The van der Waals surface area contributed by atoms with Crippen molar-refractivity contribution in [2.75, 3.05) is 30.4 Å². The Morgan fingerprint density at radius 1 is 1.32 bits per heavy atom. The van der Waals surface area contributed by atoms with Crippen LogP contribution in [0.3, 0.4) is 0 Å². The van der Waals surface area contributed by atoms with Gasteiger partial charge >= 0.3 is 5.97 Å². The number of ether oxygens (including phenoxy) is 1. The van der Waals surface area contributed by atoms with Gasteiger partial charge in [-0.15, -0.1) is 0 Å². The number of methoxy groups -OCH3 is 1. The number of anilines is 3. The van der Waals surface area contributed by atoms with E-state index in [1.807, 2.05) is 6.07 Å². The van der Waals surface area contributed by atoms with E-state index in [4.69, 9.17) is 21.4 Å². The highest BCUT2D eigenvalue weighted by Crippen LogP contribution is 2.31. The molecular weight excluding hydrogens is 344 g/mol. The van der Waals surface area contributed by atoms with Gasteiger partial charge in [0.2, 0.25) is 0 Å². The normalized spacial score (nSPS) is 15.0. The molecule has 0 atom stereocenters. The molecule has 1 aromatic carbocycles. The Labute approximate surface area is 150 Å². The van der Waals surface area contributed by atoms with Crippen molar-refractivity contribution in [2.24, 2.45) is 5.92 Å². The summed E-state index contributed by atoms with van der Waals surface area (Å²) in [4.78, 5) is 21.7. The first-order valence-electron chi connectivity index (χ1n) is 7.97. The minimum Gasteiger partial charge on any atom is -0.495 e. The summed E-state index contributed by atoms with van der Waals surface area (Å²) in [5, 5.41) is 12.9. The molecular formula is C17H19ClN4O3. The van der Waals surface area contributed by atoms with Crippen molar-refractivity contribution in [3.63, 3.8) is 0 Å². The predicted molar refractivity (Wildman–Crippen MR) is 95.9 cm³/mol. The summed E-state index contributed by atoms with van der Waals surface area (Å²) in [6.07, 6.45) is 2.71. The number of halogens is 1. The molecule has 2 heterocycles. The van der Waals surface area contributed by atoms with E-state index in [2.05, 4.69) is 20.2 Å². The predicted octanol–water partition coefficient (Wildman–Crippen LogP) is 3.18. The number of aliphatic carboxylic acids is 1. The SMILES string of the molecule is COc1ccc(Cl)cc1Nc1cc(N2CCC(C(=O)O)CC2)ncn1. The van der Waals surface area contributed by atoms with Crippen molar-refractivity contribution >= 4 is 34.9 Å². The van der Waals surface area contributed by atoms with Gasteiger partial charge < -0.3 is 20.1 Å². The van der Waals surface area contributed by atoms with E-state index in [-0.39, 0.29) is 5.92 Å². The second-order valence-electron chi connectivity index (χ2n) is 5.83. The number of benzene rings is 1. The van der Waals surface area contributed by atoms with Crippen LogP contribution < -0.4 is 15.0 Å². The van der Waals surface area contributed by atoms with Gasteiger partial charge in [-0.2, -0.15) is 0 Å². The van der Waals surface area contributed by atoms with E-state index in [1.54, 1.807) is 25.3 Å². The summed E-state index contributed by atoms with van der Waals surface area (Å²) < 4.78 is 5.32. The maximum atomic E-state index is 11.1. The molecule has 1 aliphatic heterocycles. The zero-order valence-corrected chi connectivity index (χ0v) is 14.5. The van der Waals surface area contributed by atoms with Gasteiger partial charge in [0, 0.05) is 24.2 Å². The van der Waals surface area contributed by atoms with E-state index in [0.717, 1.165) is 5.82 Å². The minimum absolute atomic E-state index is 0.272. The van der Waals surface area contributed by atoms with Crippen molar-refractivity contribution in [3.8, 4) is 5.75 Å². The molecule has 0 aliphatic carbocycles. The van der Waals surface area contributed by atoms with Gasteiger partial charge in [-0.05, 0) is 31.0 Å². The average molecular weight is 363 g/mol. The smallest absolute Gasteiger partial charge is 0.306 e. The first kappa shape index (κ1) is 17.3. The summed E-state index contributed by atoms with van der Waals surface area (Å²) in [6, 6.07) is 7.13. The molecule has 0 bridgehead atoms. The van der Waals surface area contributed by atoms with Gasteiger partial charge in [-0.25, -0.2) is 9.97 Å². The Kier molecular flexibility index (Phi) is 5.23. The lowest BCUT2D eigenvalue weighted by atomic mass is 9.97. The van der Waals surface area contributed by atoms with Crippen LogP contribution in [0, 0.1) is 5.92 Å². The topological polar surface area (TPSA) is 87.6 Å². The molecule has 3 rings (SSSR count). The Balaban J connectivity index is 1.74. The summed E-state index contributed by atoms with van der Waals surface area (Å²) >= 11 is 6.05. The fourth-order valence-corrected chi connectivity index (χ4v) is 3.03. The second-order valence-corrected chi connectivity index (χ2v) is 6.27. The summed E-state index contributed by atoms with van der Waals surface area (Å²) in [5.74, 6) is 1.05.